The van der Waals surface area contributed by atoms with Gasteiger partial charge >= 0.3 is 5.97 Å². The third-order valence-corrected chi connectivity index (χ3v) is 3.27. The van der Waals surface area contributed by atoms with Gasteiger partial charge in [-0.2, -0.15) is 0 Å². The zero-order chi connectivity index (χ0) is 13.8. The van der Waals surface area contributed by atoms with Crippen LogP contribution in [-0.2, 0) is 16.8 Å². The molecule has 0 amide bonds. The van der Waals surface area contributed by atoms with Gasteiger partial charge in [0.1, 0.15) is 0 Å². The second kappa shape index (κ2) is 5.77. The second-order valence-electron chi connectivity index (χ2n) is 3.99. The first kappa shape index (κ1) is 13.5. The molecule has 2 aromatic carbocycles. The van der Waals surface area contributed by atoms with Crippen LogP contribution in [0.5, 0.6) is 0 Å². The summed E-state index contributed by atoms with van der Waals surface area (Å²) in [6.45, 7) is 0. The van der Waals surface area contributed by atoms with Crippen LogP contribution in [0.3, 0.4) is 0 Å². The van der Waals surface area contributed by atoms with Crippen molar-refractivity contribution >= 4 is 17.0 Å². The van der Waals surface area contributed by atoms with Gasteiger partial charge in [-0.25, -0.2) is 4.79 Å². The van der Waals surface area contributed by atoms with Crippen molar-refractivity contribution in [1.29, 1.82) is 0 Å². The summed E-state index contributed by atoms with van der Waals surface area (Å²) >= 11 is -2.31. The van der Waals surface area contributed by atoms with Crippen molar-refractivity contribution in [3.05, 3.63) is 59.7 Å². The van der Waals surface area contributed by atoms with E-state index in [4.69, 9.17) is 5.11 Å². The Morgan fingerprint density at radius 1 is 1.11 bits per heavy atom. The molecule has 4 nitrogen and oxygen atoms in total. The fourth-order valence-electron chi connectivity index (χ4n) is 1.84. The van der Waals surface area contributed by atoms with Crippen molar-refractivity contribution in [3.8, 4) is 11.1 Å². The Hall–Kier alpha value is -1.98. The molecular weight excluding hydrogens is 264 g/mol. The number of hydrogen-bond donors (Lipinski definition) is 1. The second-order valence-corrected chi connectivity index (χ2v) is 4.89. The number of carboxylic acid groups (broad SMARTS) is 1. The summed E-state index contributed by atoms with van der Waals surface area (Å²) in [5.74, 6) is -1.42. The molecule has 0 heterocycles. The van der Waals surface area contributed by atoms with E-state index in [1.54, 1.807) is 12.1 Å². The Morgan fingerprint density at radius 3 is 2.37 bits per heavy atom. The quantitative estimate of drug-likeness (QED) is 0.869. The molecule has 0 aromatic heterocycles. The molecule has 0 saturated heterocycles. The third-order valence-electron chi connectivity index (χ3n) is 2.72. The minimum Gasteiger partial charge on any atom is -0.772 e. The normalized spacial score (nSPS) is 12.1. The molecule has 1 N–H and O–H groups in total. The number of carbonyl (C=O) groups is 1. The highest BCUT2D eigenvalue weighted by Crippen LogP contribution is 2.23. The van der Waals surface area contributed by atoms with E-state index in [0.717, 1.165) is 11.1 Å². The van der Waals surface area contributed by atoms with E-state index >= 15 is 0 Å². The number of carboxylic acids is 1. The zero-order valence-corrected chi connectivity index (χ0v) is 10.7. The van der Waals surface area contributed by atoms with Crippen molar-refractivity contribution in [2.24, 2.45) is 0 Å². The summed E-state index contributed by atoms with van der Waals surface area (Å²) in [7, 11) is 0. The zero-order valence-electron chi connectivity index (χ0n) is 9.91. The monoisotopic (exact) mass is 275 g/mol. The molecule has 0 fully saturated rings. The molecule has 0 bridgehead atoms. The molecule has 2 rings (SSSR count). The number of aromatic carboxylic acids is 1. The molecule has 0 radical (unpaired) electrons. The molecule has 2 aromatic rings. The number of rotatable bonds is 4. The minimum absolute atomic E-state index is 0.0190. The smallest absolute Gasteiger partial charge is 0.336 e. The lowest BCUT2D eigenvalue weighted by atomic mass is 10.00. The lowest BCUT2D eigenvalue weighted by molar-refractivity contribution is 0.0696. The van der Waals surface area contributed by atoms with E-state index in [1.165, 1.54) is 6.07 Å². The van der Waals surface area contributed by atoms with E-state index in [1.807, 2.05) is 30.3 Å². The third kappa shape index (κ3) is 3.27. The lowest BCUT2D eigenvalue weighted by Gasteiger charge is -2.10. The van der Waals surface area contributed by atoms with Gasteiger partial charge in [0.25, 0.3) is 0 Å². The first-order chi connectivity index (χ1) is 9.08. The highest BCUT2D eigenvalue weighted by molar-refractivity contribution is 7.78. The largest absolute Gasteiger partial charge is 0.772 e. The van der Waals surface area contributed by atoms with E-state index < -0.39 is 17.0 Å². The number of benzene rings is 2. The average molecular weight is 275 g/mol. The van der Waals surface area contributed by atoms with Crippen LogP contribution in [0.4, 0.5) is 0 Å². The predicted molar refractivity (Wildman–Crippen MR) is 71.5 cm³/mol. The van der Waals surface area contributed by atoms with Crippen LogP contribution in [0.15, 0.2) is 48.5 Å². The van der Waals surface area contributed by atoms with Crippen molar-refractivity contribution in [2.75, 3.05) is 0 Å². The fraction of sp³-hybridized carbons (Fsp3) is 0.0714. The minimum atomic E-state index is -2.31. The first-order valence-corrected chi connectivity index (χ1v) is 6.80. The Kier molecular flexibility index (Phi) is 4.09. The molecule has 0 aliphatic heterocycles. The molecule has 19 heavy (non-hydrogen) atoms. The maximum Gasteiger partial charge on any atom is 0.336 e. The summed E-state index contributed by atoms with van der Waals surface area (Å²) in [6, 6.07) is 14.1. The Morgan fingerprint density at radius 2 is 1.79 bits per heavy atom. The van der Waals surface area contributed by atoms with Gasteiger partial charge in [0, 0.05) is 5.75 Å². The average Bonchev–Trinajstić information content (AvgIpc) is 2.39. The standard InChI is InChI=1S/C14H12O4S/c15-14(16)13-8-11(10-4-2-1-3-5-10)6-7-12(13)9-19(17)18/h1-8H,9H2,(H,15,16)(H,17,18)/p-1. The van der Waals surface area contributed by atoms with Gasteiger partial charge in [-0.1, -0.05) is 53.5 Å². The molecular formula is C14H11O4S-. The van der Waals surface area contributed by atoms with Gasteiger partial charge < -0.3 is 9.66 Å². The van der Waals surface area contributed by atoms with Crippen molar-refractivity contribution < 1.29 is 18.7 Å². The topological polar surface area (TPSA) is 77.4 Å². The molecule has 0 aliphatic carbocycles. The van der Waals surface area contributed by atoms with E-state index in [9.17, 15) is 13.6 Å². The van der Waals surface area contributed by atoms with Crippen molar-refractivity contribution in [1.82, 2.24) is 0 Å². The maximum absolute atomic E-state index is 11.2. The van der Waals surface area contributed by atoms with Gasteiger partial charge in [0.15, 0.2) is 0 Å². The van der Waals surface area contributed by atoms with Gasteiger partial charge in [-0.15, -0.1) is 0 Å². The van der Waals surface area contributed by atoms with Crippen LogP contribution >= 0.6 is 0 Å². The molecule has 0 saturated carbocycles. The molecule has 0 aliphatic rings. The van der Waals surface area contributed by atoms with Crippen LogP contribution < -0.4 is 0 Å². The highest BCUT2D eigenvalue weighted by Gasteiger charge is 2.11. The van der Waals surface area contributed by atoms with Gasteiger partial charge in [-0.05, 0) is 22.8 Å². The van der Waals surface area contributed by atoms with E-state index in [0.29, 0.717) is 5.56 Å². The fourth-order valence-corrected chi connectivity index (χ4v) is 2.34. The summed E-state index contributed by atoms with van der Waals surface area (Å²) in [6.07, 6.45) is 0. The van der Waals surface area contributed by atoms with Crippen LogP contribution in [-0.4, -0.2) is 19.8 Å². The highest BCUT2D eigenvalue weighted by atomic mass is 32.2. The van der Waals surface area contributed by atoms with Crippen LogP contribution in [0.1, 0.15) is 15.9 Å². The van der Waals surface area contributed by atoms with Crippen molar-refractivity contribution in [3.63, 3.8) is 0 Å². The van der Waals surface area contributed by atoms with Crippen LogP contribution in [0.2, 0.25) is 0 Å². The molecule has 5 heteroatoms. The molecule has 98 valence electrons. The van der Waals surface area contributed by atoms with E-state index in [-0.39, 0.29) is 11.3 Å². The first-order valence-electron chi connectivity index (χ1n) is 5.55. The Labute approximate surface area is 113 Å². The summed E-state index contributed by atoms with van der Waals surface area (Å²) in [5.41, 5.74) is 1.95. The van der Waals surface area contributed by atoms with Gasteiger partial charge in [-0.3, -0.25) is 4.21 Å². The molecule has 0 spiro atoms. The van der Waals surface area contributed by atoms with E-state index in [2.05, 4.69) is 0 Å². The SMILES string of the molecule is O=C(O)c1cc(-c2ccccc2)ccc1CS(=O)[O-]. The molecule has 1 unspecified atom stereocenters. The van der Waals surface area contributed by atoms with Gasteiger partial charge in [0.05, 0.1) is 5.56 Å². The predicted octanol–water partition coefficient (Wildman–Crippen LogP) is 2.43. The summed E-state index contributed by atoms with van der Waals surface area (Å²) < 4.78 is 21.4. The lowest BCUT2D eigenvalue weighted by Crippen LogP contribution is -2.05. The van der Waals surface area contributed by atoms with Crippen LogP contribution in [0.25, 0.3) is 11.1 Å². The van der Waals surface area contributed by atoms with Crippen LogP contribution in [0, 0.1) is 0 Å². The Bertz CT molecular complexity index is 623. The van der Waals surface area contributed by atoms with Crippen molar-refractivity contribution in [2.45, 2.75) is 5.75 Å². The van der Waals surface area contributed by atoms with Gasteiger partial charge in [0.2, 0.25) is 0 Å². The number of hydrogen-bond acceptors (Lipinski definition) is 3. The summed E-state index contributed by atoms with van der Waals surface area (Å²) in [5, 5.41) is 9.15. The summed E-state index contributed by atoms with van der Waals surface area (Å²) in [4.78, 5) is 11.2. The maximum atomic E-state index is 11.2. The molecule has 1 atom stereocenters. The Balaban J connectivity index is 2.48.